The Labute approximate surface area is 186 Å². The van der Waals surface area contributed by atoms with Gasteiger partial charge < -0.3 is 18.0 Å². The van der Waals surface area contributed by atoms with E-state index in [-0.39, 0.29) is 0 Å². The zero-order valence-electron chi connectivity index (χ0n) is 20.0. The molecule has 1 saturated carbocycles. The van der Waals surface area contributed by atoms with Gasteiger partial charge in [-0.05, 0) is 88.3 Å². The van der Waals surface area contributed by atoms with Crippen LogP contribution in [-0.4, -0.2) is 35.2 Å². The smallest absolute Gasteiger partial charge is 0.494 e. The molecule has 5 heteroatoms. The molecule has 1 fully saturated rings. The van der Waals surface area contributed by atoms with Crippen LogP contribution in [0.5, 0.6) is 5.75 Å². The van der Waals surface area contributed by atoms with Gasteiger partial charge in [-0.2, -0.15) is 0 Å². The highest BCUT2D eigenvalue weighted by Crippen LogP contribution is 2.39. The Balaban J connectivity index is 1.78. The molecule has 1 aromatic carbocycles. The average Bonchev–Trinajstić information content (AvgIpc) is 2.77. The predicted octanol–water partition coefficient (Wildman–Crippen LogP) is 6.82. The molecule has 1 aliphatic carbocycles. The summed E-state index contributed by atoms with van der Waals surface area (Å²) in [5.74, 6) is 3.46. The number of hydrogen-bond donors (Lipinski definition) is 0. The van der Waals surface area contributed by atoms with Crippen molar-refractivity contribution in [3.05, 3.63) is 29.8 Å². The fourth-order valence-electron chi connectivity index (χ4n) is 4.67. The van der Waals surface area contributed by atoms with Gasteiger partial charge in [0.25, 0.3) is 0 Å². The molecule has 0 spiro atoms. The van der Waals surface area contributed by atoms with Crippen molar-refractivity contribution in [1.82, 2.24) is 0 Å². The van der Waals surface area contributed by atoms with Gasteiger partial charge in [0, 0.05) is 25.9 Å². The Morgan fingerprint density at radius 3 is 1.93 bits per heavy atom. The monoisotopic (exact) mass is 436 g/mol. The van der Waals surface area contributed by atoms with Crippen LogP contribution in [0.2, 0.25) is 6.04 Å². The van der Waals surface area contributed by atoms with Crippen molar-refractivity contribution in [2.75, 3.05) is 26.4 Å². The third kappa shape index (κ3) is 7.67. The van der Waals surface area contributed by atoms with Crippen molar-refractivity contribution >= 4 is 8.80 Å². The second-order valence-corrected chi connectivity index (χ2v) is 11.2. The van der Waals surface area contributed by atoms with Gasteiger partial charge in [-0.25, -0.2) is 0 Å². The van der Waals surface area contributed by atoms with Crippen LogP contribution in [0.15, 0.2) is 24.3 Å². The van der Waals surface area contributed by atoms with Crippen molar-refractivity contribution < 1.29 is 18.0 Å². The van der Waals surface area contributed by atoms with Crippen LogP contribution < -0.4 is 4.74 Å². The Morgan fingerprint density at radius 2 is 1.43 bits per heavy atom. The first kappa shape index (κ1) is 25.4. The third-order valence-corrected chi connectivity index (χ3v) is 9.71. The maximum Gasteiger partial charge on any atom is 0.501 e. The van der Waals surface area contributed by atoms with Crippen molar-refractivity contribution in [1.29, 1.82) is 0 Å². The lowest BCUT2D eigenvalue weighted by molar-refractivity contribution is 0.0696. The Morgan fingerprint density at radius 1 is 0.867 bits per heavy atom. The van der Waals surface area contributed by atoms with Gasteiger partial charge in [0.1, 0.15) is 5.75 Å². The molecule has 1 aromatic rings. The minimum Gasteiger partial charge on any atom is -0.494 e. The summed E-state index contributed by atoms with van der Waals surface area (Å²) in [6, 6.07) is 9.59. The van der Waals surface area contributed by atoms with Gasteiger partial charge in [-0.3, -0.25) is 0 Å². The molecule has 0 amide bonds. The van der Waals surface area contributed by atoms with Crippen molar-refractivity contribution in [3.63, 3.8) is 0 Å². The molecule has 0 bridgehead atoms. The molecule has 172 valence electrons. The van der Waals surface area contributed by atoms with Gasteiger partial charge in [0.15, 0.2) is 0 Å². The summed E-state index contributed by atoms with van der Waals surface area (Å²) in [5, 5.41) is 0. The molecule has 0 N–H and O–H groups in total. The summed E-state index contributed by atoms with van der Waals surface area (Å²) in [4.78, 5) is 0. The average molecular weight is 437 g/mol. The van der Waals surface area contributed by atoms with Crippen molar-refractivity contribution in [2.24, 2.45) is 11.8 Å². The summed E-state index contributed by atoms with van der Waals surface area (Å²) in [5.41, 5.74) is 1.47. The molecule has 0 heterocycles. The lowest BCUT2D eigenvalue weighted by Crippen LogP contribution is -2.46. The fraction of sp³-hybridized carbons (Fsp3) is 0.760. The van der Waals surface area contributed by atoms with Crippen LogP contribution >= 0.6 is 0 Å². The largest absolute Gasteiger partial charge is 0.501 e. The highest BCUT2D eigenvalue weighted by atomic mass is 28.4. The molecule has 0 aliphatic heterocycles. The summed E-state index contributed by atoms with van der Waals surface area (Å²) in [6.45, 7) is 13.2. The van der Waals surface area contributed by atoms with Crippen LogP contribution in [0.25, 0.3) is 0 Å². The van der Waals surface area contributed by atoms with E-state index in [2.05, 4.69) is 38.1 Å². The second kappa shape index (κ2) is 13.5. The van der Waals surface area contributed by atoms with Gasteiger partial charge in [0.2, 0.25) is 0 Å². The molecule has 0 radical (unpaired) electrons. The summed E-state index contributed by atoms with van der Waals surface area (Å²) in [6.07, 6.45) is 7.59. The SMILES string of the molecule is CCO[Si](CCCOc1ccc([C@H]2CC[C@H](C(C)CC)CC2)cc1)(OCC)OCC. The highest BCUT2D eigenvalue weighted by Gasteiger charge is 2.39. The maximum absolute atomic E-state index is 6.00. The number of rotatable bonds is 14. The van der Waals surface area contributed by atoms with E-state index >= 15 is 0 Å². The van der Waals surface area contributed by atoms with E-state index in [0.29, 0.717) is 26.4 Å². The lowest BCUT2D eigenvalue weighted by Gasteiger charge is -2.32. The number of ether oxygens (including phenoxy) is 1. The van der Waals surface area contributed by atoms with Crippen LogP contribution in [0.1, 0.15) is 84.6 Å². The number of benzene rings is 1. The van der Waals surface area contributed by atoms with E-state index in [1.54, 1.807) is 0 Å². The minimum atomic E-state index is -2.56. The Kier molecular flexibility index (Phi) is 11.4. The molecule has 0 saturated heterocycles. The van der Waals surface area contributed by atoms with E-state index in [0.717, 1.165) is 36.0 Å². The van der Waals surface area contributed by atoms with Crippen LogP contribution in [0.4, 0.5) is 0 Å². The van der Waals surface area contributed by atoms with E-state index in [1.165, 1.54) is 37.7 Å². The van der Waals surface area contributed by atoms with Gasteiger partial charge in [0.05, 0.1) is 6.61 Å². The summed E-state index contributed by atoms with van der Waals surface area (Å²) >= 11 is 0. The summed E-state index contributed by atoms with van der Waals surface area (Å²) in [7, 11) is -2.56. The van der Waals surface area contributed by atoms with E-state index in [1.807, 2.05) is 20.8 Å². The minimum absolute atomic E-state index is 0.619. The first-order chi connectivity index (χ1) is 14.6. The van der Waals surface area contributed by atoms with Gasteiger partial charge in [-0.1, -0.05) is 32.4 Å². The predicted molar refractivity (Wildman–Crippen MR) is 126 cm³/mol. The quantitative estimate of drug-likeness (QED) is 0.237. The zero-order valence-corrected chi connectivity index (χ0v) is 21.0. The molecular formula is C25H44O4Si. The fourth-order valence-corrected chi connectivity index (χ4v) is 7.25. The highest BCUT2D eigenvalue weighted by molar-refractivity contribution is 6.60. The standard InChI is InChI=1S/C25H44O4Si/c1-6-21(5)22-11-13-23(14-12-22)24-15-17-25(18-16-24)26-19-10-20-30(27-7-2,28-8-3)29-9-4/h15-18,21-23H,6-14,19-20H2,1-5H3/t21?,22-,23-. The molecule has 1 aliphatic rings. The first-order valence-corrected chi connectivity index (χ1v) is 14.1. The van der Waals surface area contributed by atoms with Gasteiger partial charge >= 0.3 is 8.80 Å². The van der Waals surface area contributed by atoms with Crippen LogP contribution in [0.3, 0.4) is 0 Å². The van der Waals surface area contributed by atoms with Crippen molar-refractivity contribution in [3.8, 4) is 5.75 Å². The van der Waals surface area contributed by atoms with Crippen LogP contribution in [0, 0.1) is 11.8 Å². The molecule has 30 heavy (non-hydrogen) atoms. The first-order valence-electron chi connectivity index (χ1n) is 12.2. The topological polar surface area (TPSA) is 36.9 Å². The van der Waals surface area contributed by atoms with E-state index < -0.39 is 8.80 Å². The van der Waals surface area contributed by atoms with Crippen molar-refractivity contribution in [2.45, 2.75) is 85.1 Å². The van der Waals surface area contributed by atoms with E-state index in [4.69, 9.17) is 18.0 Å². The molecule has 0 aromatic heterocycles. The molecule has 1 unspecified atom stereocenters. The molecule has 4 nitrogen and oxygen atoms in total. The zero-order chi connectivity index (χ0) is 21.8. The number of hydrogen-bond acceptors (Lipinski definition) is 4. The third-order valence-electron chi connectivity index (χ3n) is 6.56. The van der Waals surface area contributed by atoms with Gasteiger partial charge in [-0.15, -0.1) is 0 Å². The Bertz CT molecular complexity index is 552. The maximum atomic E-state index is 6.00. The molecule has 1 atom stereocenters. The van der Waals surface area contributed by atoms with E-state index in [9.17, 15) is 0 Å². The molecule has 2 rings (SSSR count). The second-order valence-electron chi connectivity index (χ2n) is 8.50. The lowest BCUT2D eigenvalue weighted by atomic mass is 9.74. The summed E-state index contributed by atoms with van der Waals surface area (Å²) < 4.78 is 23.7. The Hall–Kier alpha value is -0.883. The van der Waals surface area contributed by atoms with Crippen LogP contribution in [-0.2, 0) is 13.3 Å². The normalized spacial score (nSPS) is 20.8. The molecular weight excluding hydrogens is 392 g/mol.